The van der Waals surface area contributed by atoms with E-state index in [4.69, 9.17) is 23.8 Å². The van der Waals surface area contributed by atoms with Gasteiger partial charge in [0.2, 0.25) is 5.95 Å². The van der Waals surface area contributed by atoms with E-state index >= 15 is 0 Å². The first-order valence-corrected chi connectivity index (χ1v) is 19.0. The van der Waals surface area contributed by atoms with Crippen molar-refractivity contribution >= 4 is 65.7 Å². The van der Waals surface area contributed by atoms with E-state index < -0.39 is 0 Å². The van der Waals surface area contributed by atoms with Gasteiger partial charge in [-0.25, -0.2) is 4.98 Å². The van der Waals surface area contributed by atoms with Crippen molar-refractivity contribution in [3.05, 3.63) is 182 Å². The lowest BCUT2D eigenvalue weighted by molar-refractivity contribution is 0.668. The van der Waals surface area contributed by atoms with Crippen molar-refractivity contribution < 1.29 is 8.83 Å². The number of fused-ring (bicyclic) bond motifs is 10. The fourth-order valence-electron chi connectivity index (χ4n) is 8.56. The van der Waals surface area contributed by atoms with E-state index in [-0.39, 0.29) is 0 Å². The maximum Gasteiger partial charge on any atom is 0.238 e. The first kappa shape index (κ1) is 31.5. The minimum atomic E-state index is 0.512. The van der Waals surface area contributed by atoms with Crippen molar-refractivity contribution in [2.24, 2.45) is 0 Å². The zero-order valence-corrected chi connectivity index (χ0v) is 30.4. The molecule has 4 aromatic heterocycles. The zero-order valence-electron chi connectivity index (χ0n) is 30.4. The van der Waals surface area contributed by atoms with Gasteiger partial charge in [-0.3, -0.25) is 4.57 Å². The van der Waals surface area contributed by atoms with Crippen LogP contribution in [-0.2, 0) is 0 Å². The molecule has 12 aromatic rings. The number of rotatable bonds is 5. The second-order valence-corrected chi connectivity index (χ2v) is 14.3. The molecular weight excluding hydrogens is 701 g/mol. The molecule has 57 heavy (non-hydrogen) atoms. The first-order valence-electron chi connectivity index (χ1n) is 19.0. The number of hydrogen-bond donors (Lipinski definition) is 0. The maximum absolute atomic E-state index is 6.56. The van der Waals surface area contributed by atoms with Crippen LogP contribution in [0.2, 0.25) is 0 Å². The smallest absolute Gasteiger partial charge is 0.238 e. The van der Waals surface area contributed by atoms with Crippen LogP contribution in [0.3, 0.4) is 0 Å². The topological polar surface area (TPSA) is 69.9 Å². The third kappa shape index (κ3) is 4.87. The van der Waals surface area contributed by atoms with Gasteiger partial charge in [-0.15, -0.1) is 0 Å². The SMILES string of the molecule is c1ccc(-c2nc(-c3ccc4c(c3)oc3cccc(-c5ccccc5)c34)nc(-n3c4cccc(-c5ccccc5)c4c4ccc5oc6ccccc6c5c43)n2)cc1. The molecule has 0 spiro atoms. The van der Waals surface area contributed by atoms with Gasteiger partial charge in [0.1, 0.15) is 22.3 Å². The zero-order chi connectivity index (χ0) is 37.5. The van der Waals surface area contributed by atoms with Crippen LogP contribution in [0.1, 0.15) is 0 Å². The summed E-state index contributed by atoms with van der Waals surface area (Å²) in [7, 11) is 0. The van der Waals surface area contributed by atoms with Crippen LogP contribution >= 0.6 is 0 Å². The van der Waals surface area contributed by atoms with Gasteiger partial charge in [0.15, 0.2) is 11.6 Å². The summed E-state index contributed by atoms with van der Waals surface area (Å²) >= 11 is 0. The van der Waals surface area contributed by atoms with Gasteiger partial charge in [-0.1, -0.05) is 140 Å². The van der Waals surface area contributed by atoms with Crippen molar-refractivity contribution in [3.8, 4) is 51.0 Å². The van der Waals surface area contributed by atoms with Crippen molar-refractivity contribution in [3.63, 3.8) is 0 Å². The van der Waals surface area contributed by atoms with E-state index in [9.17, 15) is 0 Å². The predicted molar refractivity (Wildman–Crippen MR) is 230 cm³/mol. The normalized spacial score (nSPS) is 11.9. The minimum Gasteiger partial charge on any atom is -0.456 e. The van der Waals surface area contributed by atoms with Gasteiger partial charge < -0.3 is 8.83 Å². The summed E-state index contributed by atoms with van der Waals surface area (Å²) < 4.78 is 15.2. The number of para-hydroxylation sites is 1. The highest BCUT2D eigenvalue weighted by Crippen LogP contribution is 2.44. The summed E-state index contributed by atoms with van der Waals surface area (Å²) in [4.78, 5) is 15.8. The number of benzene rings is 8. The lowest BCUT2D eigenvalue weighted by Crippen LogP contribution is -2.06. The largest absolute Gasteiger partial charge is 0.456 e. The number of furan rings is 2. The Balaban J connectivity index is 1.16. The Morgan fingerprint density at radius 2 is 0.912 bits per heavy atom. The molecule has 266 valence electrons. The summed E-state index contributed by atoms with van der Waals surface area (Å²) in [6.45, 7) is 0. The van der Waals surface area contributed by atoms with E-state index in [0.29, 0.717) is 17.6 Å². The molecule has 4 heterocycles. The van der Waals surface area contributed by atoms with Gasteiger partial charge in [0.25, 0.3) is 0 Å². The molecule has 0 atom stereocenters. The van der Waals surface area contributed by atoms with E-state index in [0.717, 1.165) is 99.1 Å². The molecular formula is C51H30N4O2. The van der Waals surface area contributed by atoms with E-state index in [2.05, 4.69) is 126 Å². The fourth-order valence-corrected chi connectivity index (χ4v) is 8.56. The standard InChI is InChI=1S/C51H30N4O2/c1-4-14-31(15-5-1)35-21-12-23-40-45(35)39-28-29-43-47(37-20-10-11-24-41(37)56-43)48(39)55(40)51-53-49(33-18-8-3-9-19-33)52-50(54-51)34-26-27-38-44(30-34)57-42-25-13-22-36(46(38)42)32-16-6-2-7-17-32/h1-30H. The van der Waals surface area contributed by atoms with Crippen LogP contribution in [0, 0.1) is 0 Å². The van der Waals surface area contributed by atoms with Gasteiger partial charge in [-0.2, -0.15) is 9.97 Å². The van der Waals surface area contributed by atoms with Crippen molar-refractivity contribution in [2.75, 3.05) is 0 Å². The highest BCUT2D eigenvalue weighted by Gasteiger charge is 2.24. The van der Waals surface area contributed by atoms with E-state index in [1.54, 1.807) is 0 Å². The summed E-state index contributed by atoms with van der Waals surface area (Å²) in [6.07, 6.45) is 0. The average molecular weight is 731 g/mol. The highest BCUT2D eigenvalue weighted by atomic mass is 16.3. The fraction of sp³-hybridized carbons (Fsp3) is 0. The number of hydrogen-bond acceptors (Lipinski definition) is 5. The lowest BCUT2D eigenvalue weighted by Gasteiger charge is -2.11. The Kier molecular flexibility index (Phi) is 6.83. The first-order chi connectivity index (χ1) is 28.3. The van der Waals surface area contributed by atoms with Gasteiger partial charge >= 0.3 is 0 Å². The van der Waals surface area contributed by atoms with Crippen LogP contribution in [0.5, 0.6) is 0 Å². The van der Waals surface area contributed by atoms with Crippen LogP contribution in [-0.4, -0.2) is 19.5 Å². The number of nitrogens with zero attached hydrogens (tertiary/aromatic N) is 4. The molecule has 0 amide bonds. The van der Waals surface area contributed by atoms with Crippen LogP contribution in [0.15, 0.2) is 191 Å². The highest BCUT2D eigenvalue weighted by molar-refractivity contribution is 6.26. The van der Waals surface area contributed by atoms with Crippen LogP contribution in [0.25, 0.3) is 117 Å². The quantitative estimate of drug-likeness (QED) is 0.176. The molecule has 6 nitrogen and oxygen atoms in total. The molecule has 0 saturated carbocycles. The molecule has 0 bridgehead atoms. The molecule has 0 aliphatic carbocycles. The Morgan fingerprint density at radius 3 is 1.67 bits per heavy atom. The molecule has 0 radical (unpaired) electrons. The molecule has 0 N–H and O–H groups in total. The average Bonchev–Trinajstić information content (AvgIpc) is 3.96. The predicted octanol–water partition coefficient (Wildman–Crippen LogP) is 13.4. The number of aromatic nitrogens is 4. The van der Waals surface area contributed by atoms with E-state index in [1.807, 2.05) is 60.7 Å². The summed E-state index contributed by atoms with van der Waals surface area (Å²) in [6, 6.07) is 62.5. The molecule has 0 aliphatic rings. The molecule has 6 heteroatoms. The Morgan fingerprint density at radius 1 is 0.351 bits per heavy atom. The molecule has 0 saturated heterocycles. The monoisotopic (exact) mass is 730 g/mol. The van der Waals surface area contributed by atoms with Gasteiger partial charge in [-0.05, 0) is 64.7 Å². The van der Waals surface area contributed by atoms with Crippen molar-refractivity contribution in [2.45, 2.75) is 0 Å². The molecule has 0 aliphatic heterocycles. The molecule has 8 aromatic carbocycles. The Bertz CT molecular complexity index is 3510. The van der Waals surface area contributed by atoms with Crippen molar-refractivity contribution in [1.29, 1.82) is 0 Å². The maximum atomic E-state index is 6.56. The second-order valence-electron chi connectivity index (χ2n) is 14.3. The minimum absolute atomic E-state index is 0.512. The summed E-state index contributed by atoms with van der Waals surface area (Å²) in [5.41, 5.74) is 11.5. The Labute approximate surface area is 325 Å². The third-order valence-electron chi connectivity index (χ3n) is 11.1. The van der Waals surface area contributed by atoms with Crippen molar-refractivity contribution in [1.82, 2.24) is 19.5 Å². The van der Waals surface area contributed by atoms with Gasteiger partial charge in [0, 0.05) is 38.1 Å². The Hall–Kier alpha value is -7.83. The third-order valence-corrected chi connectivity index (χ3v) is 11.1. The van der Waals surface area contributed by atoms with Crippen LogP contribution < -0.4 is 0 Å². The molecule has 0 fully saturated rings. The van der Waals surface area contributed by atoms with E-state index in [1.165, 1.54) is 0 Å². The molecule has 12 rings (SSSR count). The second kappa shape index (κ2) is 12.3. The van der Waals surface area contributed by atoms with Gasteiger partial charge in [0.05, 0.1) is 16.4 Å². The summed E-state index contributed by atoms with van der Waals surface area (Å²) in [5.74, 6) is 1.63. The molecule has 0 unspecified atom stereocenters. The summed E-state index contributed by atoms with van der Waals surface area (Å²) in [5, 5.41) is 6.38. The lowest BCUT2D eigenvalue weighted by atomic mass is 9.99. The van der Waals surface area contributed by atoms with Crippen LogP contribution in [0.4, 0.5) is 0 Å².